The van der Waals surface area contributed by atoms with Crippen LogP contribution in [0.25, 0.3) is 0 Å². The van der Waals surface area contributed by atoms with Gasteiger partial charge in [-0.3, -0.25) is 0 Å². The summed E-state index contributed by atoms with van der Waals surface area (Å²) in [5.74, 6) is 3.40. The zero-order chi connectivity index (χ0) is 19.1. The second-order valence-electron chi connectivity index (χ2n) is 7.46. The van der Waals surface area contributed by atoms with E-state index in [4.69, 9.17) is 14.2 Å². The van der Waals surface area contributed by atoms with Crippen LogP contribution in [0.1, 0.15) is 24.8 Å². The highest BCUT2D eigenvalue weighted by atomic mass is 16.6. The predicted molar refractivity (Wildman–Crippen MR) is 106 cm³/mol. The van der Waals surface area contributed by atoms with Crippen molar-refractivity contribution in [1.29, 1.82) is 0 Å². The van der Waals surface area contributed by atoms with E-state index < -0.39 is 5.72 Å². The van der Waals surface area contributed by atoms with Gasteiger partial charge in [0.15, 0.2) is 29.5 Å². The van der Waals surface area contributed by atoms with Gasteiger partial charge in [-0.2, -0.15) is 0 Å². The second-order valence-corrected chi connectivity index (χ2v) is 7.46. The number of anilines is 1. The molecule has 0 saturated carbocycles. The van der Waals surface area contributed by atoms with Crippen LogP contribution in [0, 0.1) is 0 Å². The van der Waals surface area contributed by atoms with Crippen molar-refractivity contribution in [2.75, 3.05) is 38.3 Å². The predicted octanol–water partition coefficient (Wildman–Crippen LogP) is 2.73. The van der Waals surface area contributed by atoms with Crippen LogP contribution in [0.5, 0.6) is 17.2 Å². The van der Waals surface area contributed by atoms with E-state index in [9.17, 15) is 5.11 Å². The van der Waals surface area contributed by atoms with Crippen molar-refractivity contribution in [2.24, 2.45) is 0 Å². The number of rotatable bonds is 3. The van der Waals surface area contributed by atoms with Gasteiger partial charge in [0, 0.05) is 12.0 Å². The lowest BCUT2D eigenvalue weighted by atomic mass is 10.0. The molecule has 1 atom stereocenters. The summed E-state index contributed by atoms with van der Waals surface area (Å²) < 4.78 is 19.1. The van der Waals surface area contributed by atoms with E-state index in [2.05, 4.69) is 9.48 Å². The summed E-state index contributed by atoms with van der Waals surface area (Å²) in [6, 6.07) is 13.8. The molecule has 3 heterocycles. The molecule has 0 amide bonds. The van der Waals surface area contributed by atoms with E-state index in [0.29, 0.717) is 25.5 Å². The normalized spacial score (nSPS) is 23.6. The van der Waals surface area contributed by atoms with Crippen molar-refractivity contribution in [3.05, 3.63) is 48.0 Å². The first-order chi connectivity index (χ1) is 13.7. The largest absolute Gasteiger partial charge is 0.492 e. The van der Waals surface area contributed by atoms with Crippen molar-refractivity contribution in [3.8, 4) is 17.2 Å². The lowest BCUT2D eigenvalue weighted by Gasteiger charge is -2.26. The number of hydrogen-bond acceptors (Lipinski definition) is 5. The number of amidine groups is 1. The van der Waals surface area contributed by atoms with Crippen molar-refractivity contribution in [2.45, 2.75) is 25.0 Å². The van der Waals surface area contributed by atoms with Gasteiger partial charge in [-0.1, -0.05) is 12.1 Å². The summed E-state index contributed by atoms with van der Waals surface area (Å²) >= 11 is 0. The van der Waals surface area contributed by atoms with Gasteiger partial charge in [0.25, 0.3) is 11.6 Å². The van der Waals surface area contributed by atoms with Crippen LogP contribution < -0.4 is 19.1 Å². The number of para-hydroxylation sites is 2. The smallest absolute Gasteiger partial charge is 0.271 e. The Kier molecular flexibility index (Phi) is 4.16. The average Bonchev–Trinajstić information content (AvgIpc) is 3.07. The Balaban J connectivity index is 1.60. The minimum Gasteiger partial charge on any atom is -0.492 e. The molecule has 0 fully saturated rings. The standard InChI is InChI=1S/C22H25N2O4/c1-26-18-7-3-2-6-17(18)23-15-22(25,24-11-5-4-8-21(23)24)16-9-10-19-20(14-16)28-13-12-27-19/h2-3,6-7,9-10,14,25H,4-5,8,11-13,15H2,1H3/q+1/t22-/m1/s1. The molecule has 6 heteroatoms. The molecule has 2 aromatic rings. The molecular formula is C22H25N2O4+. The molecule has 3 aliphatic rings. The quantitative estimate of drug-likeness (QED) is 0.829. The number of aliphatic hydroxyl groups is 1. The Morgan fingerprint density at radius 2 is 1.89 bits per heavy atom. The number of benzene rings is 2. The Bertz CT molecular complexity index is 942. The van der Waals surface area contributed by atoms with E-state index in [-0.39, 0.29) is 0 Å². The summed E-state index contributed by atoms with van der Waals surface area (Å²) in [6.45, 7) is 2.36. The number of fused-ring (bicyclic) bond motifs is 1. The fraction of sp³-hybridized carbons (Fsp3) is 0.409. The summed E-state index contributed by atoms with van der Waals surface area (Å²) in [6.07, 6.45) is 3.12. The zero-order valence-electron chi connectivity index (χ0n) is 16.1. The van der Waals surface area contributed by atoms with Crippen LogP contribution >= 0.6 is 0 Å². The van der Waals surface area contributed by atoms with E-state index in [1.165, 1.54) is 0 Å². The van der Waals surface area contributed by atoms with Crippen molar-refractivity contribution in [3.63, 3.8) is 0 Å². The highest BCUT2D eigenvalue weighted by Crippen LogP contribution is 2.41. The number of methoxy groups -OCH3 is 1. The Hall–Kier alpha value is -2.73. The second kappa shape index (κ2) is 6.71. The lowest BCUT2D eigenvalue weighted by molar-refractivity contribution is -0.661. The first kappa shape index (κ1) is 17.4. The third-order valence-electron chi connectivity index (χ3n) is 5.86. The molecule has 3 aliphatic heterocycles. The molecule has 5 rings (SSSR count). The first-order valence-electron chi connectivity index (χ1n) is 9.87. The lowest BCUT2D eigenvalue weighted by Crippen LogP contribution is -2.41. The van der Waals surface area contributed by atoms with Crippen LogP contribution in [-0.4, -0.2) is 48.9 Å². The third-order valence-corrected chi connectivity index (χ3v) is 5.86. The molecule has 0 saturated heterocycles. The molecule has 0 bridgehead atoms. The monoisotopic (exact) mass is 381 g/mol. The van der Waals surface area contributed by atoms with Crippen LogP contribution in [0.15, 0.2) is 42.5 Å². The molecule has 1 N–H and O–H groups in total. The number of nitrogens with zero attached hydrogens (tertiary/aromatic N) is 2. The van der Waals surface area contributed by atoms with Gasteiger partial charge in [0.2, 0.25) is 0 Å². The molecule has 0 spiro atoms. The third kappa shape index (κ3) is 2.63. The highest BCUT2D eigenvalue weighted by Gasteiger charge is 2.53. The fourth-order valence-corrected chi connectivity index (χ4v) is 4.51. The van der Waals surface area contributed by atoms with Gasteiger partial charge in [0.05, 0.1) is 13.7 Å². The minimum atomic E-state index is -1.12. The zero-order valence-corrected chi connectivity index (χ0v) is 16.1. The molecule has 0 radical (unpaired) electrons. The molecule has 0 unspecified atom stereocenters. The molecule has 0 aromatic heterocycles. The fourth-order valence-electron chi connectivity index (χ4n) is 4.51. The van der Waals surface area contributed by atoms with Gasteiger partial charge >= 0.3 is 0 Å². The van der Waals surface area contributed by atoms with Crippen LogP contribution in [-0.2, 0) is 5.72 Å². The topological polar surface area (TPSA) is 54.2 Å². The number of β-amino-alcohol motifs (C(OH)–C–C–N with tert-alkyl or cyclic N) is 1. The van der Waals surface area contributed by atoms with Gasteiger partial charge < -0.3 is 19.3 Å². The Morgan fingerprint density at radius 1 is 1.07 bits per heavy atom. The average molecular weight is 381 g/mol. The van der Waals surface area contributed by atoms with Crippen molar-refractivity contribution >= 4 is 11.5 Å². The van der Waals surface area contributed by atoms with Gasteiger partial charge in [-0.15, -0.1) is 0 Å². The summed E-state index contributed by atoms with van der Waals surface area (Å²) in [5.41, 5.74) is 0.695. The van der Waals surface area contributed by atoms with Crippen LogP contribution in [0.2, 0.25) is 0 Å². The minimum absolute atomic E-state index is 0.447. The molecule has 6 nitrogen and oxygen atoms in total. The molecule has 0 aliphatic carbocycles. The van der Waals surface area contributed by atoms with E-state index in [1.807, 2.05) is 42.5 Å². The highest BCUT2D eigenvalue weighted by molar-refractivity contribution is 5.97. The van der Waals surface area contributed by atoms with Gasteiger partial charge in [-0.05, 0) is 43.2 Å². The van der Waals surface area contributed by atoms with E-state index in [0.717, 1.165) is 54.4 Å². The van der Waals surface area contributed by atoms with Crippen molar-refractivity contribution < 1.29 is 23.9 Å². The van der Waals surface area contributed by atoms with Gasteiger partial charge in [0.1, 0.15) is 13.2 Å². The maximum absolute atomic E-state index is 11.9. The SMILES string of the molecule is COc1ccccc1N1C[C@@](O)(c2ccc3c(c2)OCCO3)[N+]2=C1CCCC2. The van der Waals surface area contributed by atoms with E-state index >= 15 is 0 Å². The maximum atomic E-state index is 11.9. The summed E-state index contributed by atoms with van der Waals surface area (Å²) in [5, 5.41) is 11.9. The maximum Gasteiger partial charge on any atom is 0.271 e. The first-order valence-corrected chi connectivity index (χ1v) is 9.87. The summed E-state index contributed by atoms with van der Waals surface area (Å²) in [4.78, 5) is 2.20. The molecular weight excluding hydrogens is 356 g/mol. The van der Waals surface area contributed by atoms with Gasteiger partial charge in [-0.25, -0.2) is 9.48 Å². The van der Waals surface area contributed by atoms with Crippen LogP contribution in [0.4, 0.5) is 5.69 Å². The molecule has 146 valence electrons. The molecule has 28 heavy (non-hydrogen) atoms. The Labute approximate surface area is 164 Å². The van der Waals surface area contributed by atoms with Crippen LogP contribution in [0.3, 0.4) is 0 Å². The Morgan fingerprint density at radius 3 is 2.75 bits per heavy atom. The van der Waals surface area contributed by atoms with Crippen molar-refractivity contribution in [1.82, 2.24) is 0 Å². The number of hydrogen-bond donors (Lipinski definition) is 1. The van der Waals surface area contributed by atoms with E-state index in [1.54, 1.807) is 7.11 Å². The number of ether oxygens (including phenoxy) is 3. The summed E-state index contributed by atoms with van der Waals surface area (Å²) in [7, 11) is 1.69. The molecule has 2 aromatic carbocycles.